The van der Waals surface area contributed by atoms with Crippen molar-refractivity contribution in [3.8, 4) is 5.75 Å². The maximum atomic E-state index is 11.0. The molecule has 1 rings (SSSR count). The van der Waals surface area contributed by atoms with E-state index in [9.17, 15) is 13.5 Å². The Morgan fingerprint density at radius 3 is 2.00 bits per heavy atom. The fourth-order valence-corrected chi connectivity index (χ4v) is 1.98. The topological polar surface area (TPSA) is 66.4 Å². The van der Waals surface area contributed by atoms with Crippen LogP contribution >= 0.6 is 0 Å². The van der Waals surface area contributed by atoms with Gasteiger partial charge in [0, 0.05) is 0 Å². The number of hydrogen-bond acceptors (Lipinski definition) is 3. The molecule has 78 valence electrons. The first-order valence-corrected chi connectivity index (χ1v) is 5.97. The molecular formula is C9H13NO3S. The van der Waals surface area contributed by atoms with Gasteiger partial charge in [-0.2, -0.15) is 0 Å². The van der Waals surface area contributed by atoms with Gasteiger partial charge in [0.15, 0.2) is 0 Å². The lowest BCUT2D eigenvalue weighted by Crippen LogP contribution is -2.11. The Bertz CT molecular complexity index is 428. The molecule has 0 amide bonds. The third-order valence-electron chi connectivity index (χ3n) is 1.80. The van der Waals surface area contributed by atoms with Crippen molar-refractivity contribution in [2.75, 3.05) is 11.0 Å². The molecule has 0 aliphatic heterocycles. The van der Waals surface area contributed by atoms with Crippen molar-refractivity contribution < 1.29 is 13.5 Å². The van der Waals surface area contributed by atoms with Crippen LogP contribution in [-0.2, 0) is 10.0 Å². The van der Waals surface area contributed by atoms with Crippen LogP contribution in [0.2, 0.25) is 0 Å². The summed E-state index contributed by atoms with van der Waals surface area (Å²) in [6.45, 7) is 3.47. The van der Waals surface area contributed by atoms with Gasteiger partial charge in [-0.05, 0) is 37.1 Å². The third kappa shape index (κ3) is 2.63. The van der Waals surface area contributed by atoms with Gasteiger partial charge in [-0.3, -0.25) is 4.72 Å². The number of aryl methyl sites for hydroxylation is 2. The van der Waals surface area contributed by atoms with E-state index < -0.39 is 10.0 Å². The lowest BCUT2D eigenvalue weighted by molar-refractivity contribution is 0.474. The molecule has 0 bridgehead atoms. The average Bonchev–Trinajstić information content (AvgIpc) is 1.95. The zero-order chi connectivity index (χ0) is 10.9. The summed E-state index contributed by atoms with van der Waals surface area (Å²) in [6.07, 6.45) is 1.10. The fourth-order valence-electron chi connectivity index (χ4n) is 1.29. The van der Waals surface area contributed by atoms with Crippen LogP contribution in [0.5, 0.6) is 5.75 Å². The van der Waals surface area contributed by atoms with Crippen molar-refractivity contribution in [3.63, 3.8) is 0 Å². The molecule has 0 saturated carbocycles. The molecule has 0 unspecified atom stereocenters. The van der Waals surface area contributed by atoms with Gasteiger partial charge in [-0.1, -0.05) is 0 Å². The number of aromatic hydroxyl groups is 1. The molecule has 0 aliphatic rings. The SMILES string of the molecule is Cc1cc(O)cc(C)c1NS(C)(=O)=O. The Balaban J connectivity index is 3.22. The van der Waals surface area contributed by atoms with E-state index in [1.54, 1.807) is 13.8 Å². The molecule has 0 saturated heterocycles. The normalized spacial score (nSPS) is 11.4. The van der Waals surface area contributed by atoms with Gasteiger partial charge in [0.25, 0.3) is 0 Å². The van der Waals surface area contributed by atoms with Crippen LogP contribution in [0.15, 0.2) is 12.1 Å². The van der Waals surface area contributed by atoms with E-state index in [1.807, 2.05) is 0 Å². The van der Waals surface area contributed by atoms with Gasteiger partial charge in [-0.25, -0.2) is 8.42 Å². The molecule has 4 nitrogen and oxygen atoms in total. The molecule has 0 aromatic heterocycles. The summed E-state index contributed by atoms with van der Waals surface area (Å²) in [4.78, 5) is 0. The smallest absolute Gasteiger partial charge is 0.229 e. The van der Waals surface area contributed by atoms with Crippen LogP contribution in [-0.4, -0.2) is 19.8 Å². The van der Waals surface area contributed by atoms with Crippen molar-refractivity contribution in [1.29, 1.82) is 0 Å². The average molecular weight is 215 g/mol. The molecule has 2 N–H and O–H groups in total. The maximum Gasteiger partial charge on any atom is 0.229 e. The van der Waals surface area contributed by atoms with Gasteiger partial charge in [-0.15, -0.1) is 0 Å². The van der Waals surface area contributed by atoms with Crippen LogP contribution in [0.4, 0.5) is 5.69 Å². The minimum Gasteiger partial charge on any atom is -0.508 e. The van der Waals surface area contributed by atoms with Crippen LogP contribution < -0.4 is 4.72 Å². The molecule has 0 radical (unpaired) electrons. The number of hydrogen-bond donors (Lipinski definition) is 2. The van der Waals surface area contributed by atoms with E-state index >= 15 is 0 Å². The summed E-state index contributed by atoms with van der Waals surface area (Å²) < 4.78 is 24.4. The zero-order valence-electron chi connectivity index (χ0n) is 8.33. The first-order chi connectivity index (χ1) is 6.29. The number of benzene rings is 1. The summed E-state index contributed by atoms with van der Waals surface area (Å²) in [7, 11) is -3.27. The summed E-state index contributed by atoms with van der Waals surface area (Å²) in [5.41, 5.74) is 1.94. The van der Waals surface area contributed by atoms with Crippen LogP contribution in [0.1, 0.15) is 11.1 Å². The molecule has 0 aliphatic carbocycles. The van der Waals surface area contributed by atoms with Gasteiger partial charge >= 0.3 is 0 Å². The van der Waals surface area contributed by atoms with Gasteiger partial charge < -0.3 is 5.11 Å². The monoisotopic (exact) mass is 215 g/mol. The molecule has 14 heavy (non-hydrogen) atoms. The predicted molar refractivity (Wildman–Crippen MR) is 56.0 cm³/mol. The Morgan fingerprint density at radius 1 is 1.21 bits per heavy atom. The van der Waals surface area contributed by atoms with E-state index in [0.29, 0.717) is 16.8 Å². The first-order valence-electron chi connectivity index (χ1n) is 4.07. The second kappa shape index (κ2) is 3.49. The van der Waals surface area contributed by atoms with Crippen LogP contribution in [0.25, 0.3) is 0 Å². The Labute approximate surface area is 83.6 Å². The number of rotatable bonds is 2. The highest BCUT2D eigenvalue weighted by atomic mass is 32.2. The maximum absolute atomic E-state index is 11.0. The molecular weight excluding hydrogens is 202 g/mol. The van der Waals surface area contributed by atoms with Crippen LogP contribution in [0, 0.1) is 13.8 Å². The molecule has 1 aromatic carbocycles. The second-order valence-electron chi connectivity index (χ2n) is 3.33. The summed E-state index contributed by atoms with van der Waals surface area (Å²) >= 11 is 0. The Kier molecular flexibility index (Phi) is 2.71. The summed E-state index contributed by atoms with van der Waals surface area (Å²) in [5.74, 6) is 0.138. The molecule has 0 heterocycles. The van der Waals surface area contributed by atoms with Crippen molar-refractivity contribution in [3.05, 3.63) is 23.3 Å². The van der Waals surface area contributed by atoms with Crippen molar-refractivity contribution in [1.82, 2.24) is 0 Å². The van der Waals surface area contributed by atoms with Gasteiger partial charge in [0.1, 0.15) is 5.75 Å². The van der Waals surface area contributed by atoms with E-state index in [4.69, 9.17) is 0 Å². The number of phenols is 1. The minimum absolute atomic E-state index is 0.138. The number of nitrogens with one attached hydrogen (secondary N) is 1. The number of anilines is 1. The molecule has 1 aromatic rings. The van der Waals surface area contributed by atoms with E-state index in [1.165, 1.54) is 12.1 Å². The molecule has 5 heteroatoms. The van der Waals surface area contributed by atoms with E-state index in [-0.39, 0.29) is 5.75 Å². The molecule has 0 atom stereocenters. The number of phenolic OH excluding ortho intramolecular Hbond substituents is 1. The fraction of sp³-hybridized carbons (Fsp3) is 0.333. The largest absolute Gasteiger partial charge is 0.508 e. The first kappa shape index (κ1) is 10.8. The highest BCUT2D eigenvalue weighted by Crippen LogP contribution is 2.25. The number of sulfonamides is 1. The molecule has 0 fully saturated rings. The van der Waals surface area contributed by atoms with Gasteiger partial charge in [0.05, 0.1) is 11.9 Å². The highest BCUT2D eigenvalue weighted by molar-refractivity contribution is 7.92. The second-order valence-corrected chi connectivity index (χ2v) is 5.08. The predicted octanol–water partition coefficient (Wildman–Crippen LogP) is 1.38. The summed E-state index contributed by atoms with van der Waals surface area (Å²) in [6, 6.07) is 3.03. The quantitative estimate of drug-likeness (QED) is 0.732. The standard InChI is InChI=1S/C9H13NO3S/c1-6-4-8(11)5-7(2)9(6)10-14(3,12)13/h4-5,10-11H,1-3H3. The van der Waals surface area contributed by atoms with Crippen molar-refractivity contribution in [2.45, 2.75) is 13.8 Å². The third-order valence-corrected chi connectivity index (χ3v) is 2.38. The molecule has 0 spiro atoms. The lowest BCUT2D eigenvalue weighted by Gasteiger charge is -2.11. The zero-order valence-corrected chi connectivity index (χ0v) is 9.14. The minimum atomic E-state index is -3.27. The van der Waals surface area contributed by atoms with E-state index in [2.05, 4.69) is 4.72 Å². The summed E-state index contributed by atoms with van der Waals surface area (Å²) in [5, 5.41) is 9.24. The van der Waals surface area contributed by atoms with Gasteiger partial charge in [0.2, 0.25) is 10.0 Å². The highest BCUT2D eigenvalue weighted by Gasteiger charge is 2.08. The Morgan fingerprint density at radius 2 is 1.64 bits per heavy atom. The van der Waals surface area contributed by atoms with Crippen molar-refractivity contribution >= 4 is 15.7 Å². The van der Waals surface area contributed by atoms with Crippen molar-refractivity contribution in [2.24, 2.45) is 0 Å². The Hall–Kier alpha value is -1.23. The lowest BCUT2D eigenvalue weighted by atomic mass is 10.1. The van der Waals surface area contributed by atoms with E-state index in [0.717, 1.165) is 6.26 Å². The van der Waals surface area contributed by atoms with Crippen LogP contribution in [0.3, 0.4) is 0 Å².